The van der Waals surface area contributed by atoms with Crippen molar-refractivity contribution >= 4 is 22.9 Å². The first kappa shape index (κ1) is 12.8. The maximum atomic E-state index is 6.14. The molecule has 0 aliphatic heterocycles. The number of hydrogen-bond acceptors (Lipinski definition) is 2. The monoisotopic (exact) mass is 243 g/mol. The summed E-state index contributed by atoms with van der Waals surface area (Å²) in [4.78, 5) is 1.26. The van der Waals surface area contributed by atoms with Gasteiger partial charge in [-0.05, 0) is 37.3 Å². The first-order chi connectivity index (χ1) is 7.29. The minimum absolute atomic E-state index is 0.385. The topological polar surface area (TPSA) is 12.0 Å². The zero-order valence-electron chi connectivity index (χ0n) is 9.13. The Labute approximate surface area is 101 Å². The summed E-state index contributed by atoms with van der Waals surface area (Å²) in [6.45, 7) is 6.97. The van der Waals surface area contributed by atoms with Crippen molar-refractivity contribution < 1.29 is 0 Å². The number of rotatable bonds is 7. The van der Waals surface area contributed by atoms with Gasteiger partial charge >= 0.3 is 0 Å². The van der Waals surface area contributed by atoms with Gasteiger partial charge in [-0.15, -0.1) is 17.9 Å². The summed E-state index contributed by atoms with van der Waals surface area (Å²) in [7, 11) is 0. The van der Waals surface area contributed by atoms with Crippen molar-refractivity contribution in [3.8, 4) is 0 Å². The average Bonchev–Trinajstić information content (AvgIpc) is 2.65. The van der Waals surface area contributed by atoms with Crippen LogP contribution in [0.25, 0.3) is 0 Å². The van der Waals surface area contributed by atoms with Crippen molar-refractivity contribution in [1.82, 2.24) is 5.32 Å². The molecule has 0 saturated carbocycles. The van der Waals surface area contributed by atoms with Crippen LogP contribution < -0.4 is 5.32 Å². The van der Waals surface area contributed by atoms with Gasteiger partial charge in [0.15, 0.2) is 0 Å². The van der Waals surface area contributed by atoms with Crippen molar-refractivity contribution in [2.24, 2.45) is 0 Å². The minimum Gasteiger partial charge on any atom is -0.309 e. The highest BCUT2D eigenvalue weighted by atomic mass is 35.5. The highest BCUT2D eigenvalue weighted by molar-refractivity contribution is 7.10. The SMILES string of the molecule is C=CCCC(NCCC)c1sccc1Cl. The Morgan fingerprint density at radius 3 is 3.00 bits per heavy atom. The number of halogens is 1. The van der Waals surface area contributed by atoms with Gasteiger partial charge in [-0.25, -0.2) is 0 Å². The number of nitrogens with one attached hydrogen (secondary N) is 1. The van der Waals surface area contributed by atoms with Crippen LogP contribution in [0.3, 0.4) is 0 Å². The molecule has 1 rings (SSSR count). The van der Waals surface area contributed by atoms with Gasteiger partial charge in [-0.1, -0.05) is 24.6 Å². The first-order valence-electron chi connectivity index (χ1n) is 5.36. The van der Waals surface area contributed by atoms with E-state index in [0.29, 0.717) is 6.04 Å². The van der Waals surface area contributed by atoms with E-state index in [-0.39, 0.29) is 0 Å². The molecular formula is C12H18ClNS. The molecule has 0 spiro atoms. The molecule has 1 aromatic rings. The third-order valence-electron chi connectivity index (χ3n) is 2.26. The smallest absolute Gasteiger partial charge is 0.0561 e. The summed E-state index contributed by atoms with van der Waals surface area (Å²) in [5, 5.41) is 6.46. The van der Waals surface area contributed by atoms with Crippen LogP contribution in [0.2, 0.25) is 5.02 Å². The normalized spacial score (nSPS) is 12.7. The molecule has 1 atom stereocenters. The van der Waals surface area contributed by atoms with E-state index in [9.17, 15) is 0 Å². The Bertz CT molecular complexity index is 296. The van der Waals surface area contributed by atoms with Crippen molar-refractivity contribution in [3.63, 3.8) is 0 Å². The van der Waals surface area contributed by atoms with Gasteiger partial charge in [0.2, 0.25) is 0 Å². The zero-order valence-corrected chi connectivity index (χ0v) is 10.7. The van der Waals surface area contributed by atoms with Gasteiger partial charge in [-0.3, -0.25) is 0 Å². The molecule has 15 heavy (non-hydrogen) atoms. The highest BCUT2D eigenvalue weighted by Crippen LogP contribution is 2.31. The molecule has 1 unspecified atom stereocenters. The molecule has 0 fully saturated rings. The number of thiophene rings is 1. The molecular weight excluding hydrogens is 226 g/mol. The average molecular weight is 244 g/mol. The second kappa shape index (κ2) is 7.04. The molecule has 1 aromatic heterocycles. The molecule has 0 amide bonds. The summed E-state index contributed by atoms with van der Waals surface area (Å²) in [6, 6.07) is 2.35. The van der Waals surface area contributed by atoms with Crippen LogP contribution in [0.15, 0.2) is 24.1 Å². The summed E-state index contributed by atoms with van der Waals surface area (Å²) in [5.41, 5.74) is 0. The number of allylic oxidation sites excluding steroid dienone is 1. The molecule has 1 nitrogen and oxygen atoms in total. The van der Waals surface area contributed by atoms with Gasteiger partial charge in [-0.2, -0.15) is 0 Å². The van der Waals surface area contributed by atoms with Crippen LogP contribution in [0, 0.1) is 0 Å². The maximum Gasteiger partial charge on any atom is 0.0561 e. The molecule has 0 aromatic carbocycles. The standard InChI is InChI=1S/C12H18ClNS/c1-3-5-6-11(14-8-4-2)12-10(13)7-9-15-12/h3,7,9,11,14H,1,4-6,8H2,2H3. The predicted molar refractivity (Wildman–Crippen MR) is 69.8 cm³/mol. The van der Waals surface area contributed by atoms with Gasteiger partial charge < -0.3 is 5.32 Å². The van der Waals surface area contributed by atoms with Crippen LogP contribution in [-0.2, 0) is 0 Å². The fourth-order valence-corrected chi connectivity index (χ4v) is 2.78. The summed E-state index contributed by atoms with van der Waals surface area (Å²) in [6.07, 6.45) is 5.20. The van der Waals surface area contributed by atoms with Crippen LogP contribution in [-0.4, -0.2) is 6.54 Å². The molecule has 0 aliphatic rings. The Balaban J connectivity index is 2.62. The Kier molecular flexibility index (Phi) is 5.99. The number of hydrogen-bond donors (Lipinski definition) is 1. The first-order valence-corrected chi connectivity index (χ1v) is 6.62. The Morgan fingerprint density at radius 1 is 1.67 bits per heavy atom. The molecule has 0 radical (unpaired) electrons. The van der Waals surface area contributed by atoms with E-state index >= 15 is 0 Å². The summed E-state index contributed by atoms with van der Waals surface area (Å²) < 4.78 is 0. The fourth-order valence-electron chi connectivity index (χ4n) is 1.48. The highest BCUT2D eigenvalue weighted by Gasteiger charge is 2.14. The van der Waals surface area contributed by atoms with Crippen molar-refractivity contribution in [2.75, 3.05) is 6.54 Å². The van der Waals surface area contributed by atoms with Crippen molar-refractivity contribution in [1.29, 1.82) is 0 Å². The van der Waals surface area contributed by atoms with E-state index in [0.717, 1.165) is 30.8 Å². The van der Waals surface area contributed by atoms with Crippen molar-refractivity contribution in [3.05, 3.63) is 34.0 Å². The van der Waals surface area contributed by atoms with E-state index < -0.39 is 0 Å². The van der Waals surface area contributed by atoms with Crippen LogP contribution >= 0.6 is 22.9 Å². The maximum absolute atomic E-state index is 6.14. The van der Waals surface area contributed by atoms with E-state index in [1.165, 1.54) is 4.88 Å². The summed E-state index contributed by atoms with van der Waals surface area (Å²) >= 11 is 7.87. The molecule has 84 valence electrons. The zero-order chi connectivity index (χ0) is 11.1. The molecule has 0 aliphatic carbocycles. The van der Waals surface area contributed by atoms with Gasteiger partial charge in [0.25, 0.3) is 0 Å². The van der Waals surface area contributed by atoms with Crippen molar-refractivity contribution in [2.45, 2.75) is 32.2 Å². The second-order valence-electron chi connectivity index (χ2n) is 3.51. The van der Waals surface area contributed by atoms with Gasteiger partial charge in [0.05, 0.1) is 5.02 Å². The van der Waals surface area contributed by atoms with E-state index in [1.54, 1.807) is 11.3 Å². The predicted octanol–water partition coefficient (Wildman–Crippen LogP) is 4.41. The molecule has 0 bridgehead atoms. The Morgan fingerprint density at radius 2 is 2.47 bits per heavy atom. The lowest BCUT2D eigenvalue weighted by Crippen LogP contribution is -2.21. The molecule has 0 saturated heterocycles. The molecule has 3 heteroatoms. The van der Waals surface area contributed by atoms with E-state index in [1.807, 2.05) is 17.5 Å². The molecule has 1 heterocycles. The third-order valence-corrected chi connectivity index (χ3v) is 3.73. The lowest BCUT2D eigenvalue weighted by atomic mass is 10.1. The van der Waals surface area contributed by atoms with Gasteiger partial charge in [0.1, 0.15) is 0 Å². The lowest BCUT2D eigenvalue weighted by molar-refractivity contribution is 0.510. The summed E-state index contributed by atoms with van der Waals surface area (Å²) in [5.74, 6) is 0. The molecule has 1 N–H and O–H groups in total. The quantitative estimate of drug-likeness (QED) is 0.700. The minimum atomic E-state index is 0.385. The fraction of sp³-hybridized carbons (Fsp3) is 0.500. The van der Waals surface area contributed by atoms with Crippen LogP contribution in [0.4, 0.5) is 0 Å². The van der Waals surface area contributed by atoms with E-state index in [2.05, 4.69) is 18.8 Å². The van der Waals surface area contributed by atoms with Crippen LogP contribution in [0.5, 0.6) is 0 Å². The Hall–Kier alpha value is -0.310. The van der Waals surface area contributed by atoms with Crippen LogP contribution in [0.1, 0.15) is 37.1 Å². The largest absolute Gasteiger partial charge is 0.309 e. The van der Waals surface area contributed by atoms with Gasteiger partial charge in [0, 0.05) is 10.9 Å². The lowest BCUT2D eigenvalue weighted by Gasteiger charge is -2.16. The van der Waals surface area contributed by atoms with E-state index in [4.69, 9.17) is 11.6 Å². The third kappa shape index (κ3) is 3.98. The second-order valence-corrected chi connectivity index (χ2v) is 4.86.